The number of halogens is 1. The van der Waals surface area contributed by atoms with Crippen LogP contribution in [0.3, 0.4) is 0 Å². The molecule has 0 amide bonds. The predicted octanol–water partition coefficient (Wildman–Crippen LogP) is 2.21. The molecule has 0 unspecified atom stereocenters. The molecular weight excluding hydrogens is 337 g/mol. The number of nitrogens with one attached hydrogen (secondary N) is 1. The van der Waals surface area contributed by atoms with Crippen LogP contribution < -0.4 is 5.32 Å². The molecule has 0 aliphatic rings. The maximum atomic E-state index is 4.21. The number of nitrogens with zero attached hydrogens (tertiary/aromatic N) is 4. The van der Waals surface area contributed by atoms with Crippen molar-refractivity contribution in [2.75, 3.05) is 11.9 Å². The number of hydrogen-bond donors (Lipinski definition) is 1. The van der Waals surface area contributed by atoms with Crippen LogP contribution in [-0.2, 0) is 6.54 Å². The van der Waals surface area contributed by atoms with Crippen molar-refractivity contribution in [1.82, 2.24) is 20.0 Å². The molecule has 7 heteroatoms. The van der Waals surface area contributed by atoms with E-state index in [-0.39, 0.29) is 0 Å². The first-order valence-electron chi connectivity index (χ1n) is 5.02. The summed E-state index contributed by atoms with van der Waals surface area (Å²) in [5, 5.41) is 17.5. The van der Waals surface area contributed by atoms with E-state index in [2.05, 4.69) is 50.1 Å². The summed E-state index contributed by atoms with van der Waals surface area (Å²) >= 11 is 3.82. The lowest BCUT2D eigenvalue weighted by atomic mass is 10.5. The smallest absolute Gasteiger partial charge is 0.205 e. The van der Waals surface area contributed by atoms with Crippen LogP contribution in [0.25, 0.3) is 0 Å². The first-order valence-corrected chi connectivity index (χ1v) is 6.91. The van der Waals surface area contributed by atoms with Gasteiger partial charge in [-0.1, -0.05) is 18.3 Å². The van der Waals surface area contributed by atoms with Crippen LogP contribution in [-0.4, -0.2) is 26.5 Å². The molecule has 1 N–H and O–H groups in total. The second kappa shape index (κ2) is 5.58. The number of anilines is 1. The van der Waals surface area contributed by atoms with Crippen LogP contribution in [0.1, 0.15) is 18.4 Å². The lowest BCUT2D eigenvalue weighted by molar-refractivity contribution is 0.677. The average Bonchev–Trinajstić information content (AvgIpc) is 2.86. The molecule has 0 saturated heterocycles. The van der Waals surface area contributed by atoms with E-state index >= 15 is 0 Å². The first-order chi connectivity index (χ1) is 7.78. The minimum absolute atomic E-state index is 0.689. The Balaban J connectivity index is 1.97. The van der Waals surface area contributed by atoms with Crippen molar-refractivity contribution in [3.8, 4) is 0 Å². The van der Waals surface area contributed by atoms with E-state index in [0.717, 1.165) is 26.7 Å². The Hall–Kier alpha value is -0.700. The fourth-order valence-corrected chi connectivity index (χ4v) is 2.39. The van der Waals surface area contributed by atoms with Crippen molar-refractivity contribution >= 4 is 39.1 Å². The Labute approximate surface area is 111 Å². The van der Waals surface area contributed by atoms with Crippen LogP contribution in [0.5, 0.6) is 0 Å². The van der Waals surface area contributed by atoms with Crippen LogP contribution >= 0.6 is 33.9 Å². The van der Waals surface area contributed by atoms with Crippen molar-refractivity contribution < 1.29 is 0 Å². The van der Waals surface area contributed by atoms with Gasteiger partial charge in [-0.05, 0) is 29.0 Å². The number of aromatic nitrogens is 4. The summed E-state index contributed by atoms with van der Waals surface area (Å²) in [4.78, 5) is 0. The SMILES string of the molecule is CCCNc1nnc(Cn2cc(I)cn2)s1. The third-order valence-electron chi connectivity index (χ3n) is 1.89. The normalized spacial score (nSPS) is 10.6. The van der Waals surface area contributed by atoms with Crippen molar-refractivity contribution in [2.45, 2.75) is 19.9 Å². The summed E-state index contributed by atoms with van der Waals surface area (Å²) in [7, 11) is 0. The summed E-state index contributed by atoms with van der Waals surface area (Å²) < 4.78 is 3.00. The van der Waals surface area contributed by atoms with Gasteiger partial charge in [0.15, 0.2) is 0 Å². The molecule has 0 aliphatic carbocycles. The van der Waals surface area contributed by atoms with Gasteiger partial charge in [0.25, 0.3) is 0 Å². The fraction of sp³-hybridized carbons (Fsp3) is 0.444. The topological polar surface area (TPSA) is 55.6 Å². The van der Waals surface area contributed by atoms with Gasteiger partial charge in [0.05, 0.1) is 16.3 Å². The molecule has 0 fully saturated rings. The minimum Gasteiger partial charge on any atom is -0.360 e. The van der Waals surface area contributed by atoms with Gasteiger partial charge < -0.3 is 5.32 Å². The second-order valence-electron chi connectivity index (χ2n) is 3.28. The highest BCUT2D eigenvalue weighted by Gasteiger charge is 2.04. The number of rotatable bonds is 5. The van der Waals surface area contributed by atoms with E-state index in [1.807, 2.05) is 17.1 Å². The molecule has 0 atom stereocenters. The fourth-order valence-electron chi connectivity index (χ4n) is 1.18. The van der Waals surface area contributed by atoms with Crippen molar-refractivity contribution in [3.05, 3.63) is 21.0 Å². The van der Waals surface area contributed by atoms with Crippen molar-refractivity contribution in [2.24, 2.45) is 0 Å². The first kappa shape index (κ1) is 11.8. The average molecular weight is 349 g/mol. The summed E-state index contributed by atoms with van der Waals surface area (Å²) in [5.41, 5.74) is 0. The van der Waals surface area contributed by atoms with Gasteiger partial charge in [0.1, 0.15) is 5.01 Å². The number of hydrogen-bond acceptors (Lipinski definition) is 5. The van der Waals surface area contributed by atoms with Gasteiger partial charge in [-0.2, -0.15) is 5.10 Å². The standard InChI is InChI=1S/C9H12IN5S/c1-2-3-11-9-14-13-8(16-9)6-15-5-7(10)4-12-15/h4-5H,2-3,6H2,1H3,(H,11,14). The maximum Gasteiger partial charge on any atom is 0.205 e. The summed E-state index contributed by atoms with van der Waals surface area (Å²) in [5.74, 6) is 0. The Morgan fingerprint density at radius 2 is 2.38 bits per heavy atom. The van der Waals surface area contributed by atoms with E-state index in [4.69, 9.17) is 0 Å². The molecule has 2 aromatic rings. The molecule has 0 aliphatic heterocycles. The maximum absolute atomic E-state index is 4.21. The molecule has 2 heterocycles. The summed E-state index contributed by atoms with van der Waals surface area (Å²) in [6.07, 6.45) is 4.91. The van der Waals surface area contributed by atoms with E-state index in [1.165, 1.54) is 0 Å². The Morgan fingerprint density at radius 1 is 1.50 bits per heavy atom. The van der Waals surface area contributed by atoms with E-state index in [1.54, 1.807) is 11.3 Å². The molecule has 0 aromatic carbocycles. The third kappa shape index (κ3) is 3.14. The van der Waals surface area contributed by atoms with E-state index in [9.17, 15) is 0 Å². The van der Waals surface area contributed by atoms with Gasteiger partial charge in [-0.3, -0.25) is 4.68 Å². The Kier molecular flexibility index (Phi) is 4.10. The summed E-state index contributed by atoms with van der Waals surface area (Å²) in [6.45, 7) is 3.75. The molecule has 5 nitrogen and oxygen atoms in total. The van der Waals surface area contributed by atoms with Crippen molar-refractivity contribution in [1.29, 1.82) is 0 Å². The van der Waals surface area contributed by atoms with E-state index in [0.29, 0.717) is 6.54 Å². The zero-order chi connectivity index (χ0) is 11.4. The zero-order valence-electron chi connectivity index (χ0n) is 8.85. The lowest BCUT2D eigenvalue weighted by Gasteiger charge is -1.96. The highest BCUT2D eigenvalue weighted by Crippen LogP contribution is 2.16. The van der Waals surface area contributed by atoms with Crippen LogP contribution in [0.15, 0.2) is 12.4 Å². The molecular formula is C9H12IN5S. The molecule has 0 bridgehead atoms. The largest absolute Gasteiger partial charge is 0.360 e. The van der Waals surface area contributed by atoms with Crippen molar-refractivity contribution in [3.63, 3.8) is 0 Å². The second-order valence-corrected chi connectivity index (χ2v) is 5.59. The molecule has 2 rings (SSSR count). The molecule has 86 valence electrons. The molecule has 2 aromatic heterocycles. The van der Waals surface area contributed by atoms with Crippen LogP contribution in [0.2, 0.25) is 0 Å². The third-order valence-corrected chi connectivity index (χ3v) is 3.31. The van der Waals surface area contributed by atoms with Gasteiger partial charge in [0.2, 0.25) is 5.13 Å². The van der Waals surface area contributed by atoms with Gasteiger partial charge in [0, 0.05) is 12.7 Å². The van der Waals surface area contributed by atoms with Crippen LogP contribution in [0.4, 0.5) is 5.13 Å². The highest BCUT2D eigenvalue weighted by molar-refractivity contribution is 14.1. The molecule has 16 heavy (non-hydrogen) atoms. The Bertz CT molecular complexity index is 452. The summed E-state index contributed by atoms with van der Waals surface area (Å²) in [6, 6.07) is 0. The molecule has 0 radical (unpaired) electrons. The van der Waals surface area contributed by atoms with Crippen LogP contribution in [0, 0.1) is 3.57 Å². The highest BCUT2D eigenvalue weighted by atomic mass is 127. The van der Waals surface area contributed by atoms with E-state index < -0.39 is 0 Å². The zero-order valence-corrected chi connectivity index (χ0v) is 11.8. The lowest BCUT2D eigenvalue weighted by Crippen LogP contribution is -1.99. The Morgan fingerprint density at radius 3 is 3.06 bits per heavy atom. The predicted molar refractivity (Wildman–Crippen MR) is 72.7 cm³/mol. The molecule has 0 spiro atoms. The van der Waals surface area contributed by atoms with Gasteiger partial charge in [-0.15, -0.1) is 10.2 Å². The minimum atomic E-state index is 0.689. The van der Waals surface area contributed by atoms with Gasteiger partial charge in [-0.25, -0.2) is 0 Å². The monoisotopic (exact) mass is 349 g/mol. The van der Waals surface area contributed by atoms with Gasteiger partial charge >= 0.3 is 0 Å². The molecule has 0 saturated carbocycles. The quantitative estimate of drug-likeness (QED) is 0.841.